The molecule has 1 atom stereocenters. The molecule has 0 aromatic carbocycles. The summed E-state index contributed by atoms with van der Waals surface area (Å²) >= 11 is 0. The van der Waals surface area contributed by atoms with E-state index in [0.29, 0.717) is 0 Å². The summed E-state index contributed by atoms with van der Waals surface area (Å²) in [5.74, 6) is 0.746. The minimum absolute atomic E-state index is 0.746. The third-order valence-corrected chi connectivity index (χ3v) is 2.13. The van der Waals surface area contributed by atoms with E-state index >= 15 is 0 Å². The molecular weight excluding hydrogens is 132 g/mol. The van der Waals surface area contributed by atoms with Gasteiger partial charge in [-0.3, -0.25) is 0 Å². The summed E-state index contributed by atoms with van der Waals surface area (Å²) in [6, 6.07) is 0. The van der Waals surface area contributed by atoms with E-state index in [1.165, 1.54) is 32.1 Å². The molecule has 0 heteroatoms. The van der Waals surface area contributed by atoms with Crippen LogP contribution in [-0.4, -0.2) is 0 Å². The van der Waals surface area contributed by atoms with Crippen LogP contribution in [0, 0.1) is 5.92 Å². The van der Waals surface area contributed by atoms with E-state index < -0.39 is 0 Å². The van der Waals surface area contributed by atoms with E-state index in [1.54, 1.807) is 0 Å². The third-order valence-electron chi connectivity index (χ3n) is 2.13. The van der Waals surface area contributed by atoms with Crippen LogP contribution in [0.5, 0.6) is 0 Å². The van der Waals surface area contributed by atoms with Gasteiger partial charge in [-0.2, -0.15) is 0 Å². The molecule has 0 amide bonds. The van der Waals surface area contributed by atoms with Crippen molar-refractivity contribution in [2.75, 3.05) is 0 Å². The molecule has 0 saturated heterocycles. The van der Waals surface area contributed by atoms with Crippen molar-refractivity contribution >= 4 is 0 Å². The maximum Gasteiger partial charge on any atom is -0.00534 e. The fourth-order valence-electron chi connectivity index (χ4n) is 1.44. The molecule has 0 heterocycles. The zero-order valence-electron chi connectivity index (χ0n) is 7.42. The lowest BCUT2D eigenvalue weighted by Gasteiger charge is -2.10. The summed E-state index contributed by atoms with van der Waals surface area (Å²) < 4.78 is 0. The van der Waals surface area contributed by atoms with Gasteiger partial charge < -0.3 is 0 Å². The predicted molar refractivity (Wildman–Crippen MR) is 50.5 cm³/mol. The van der Waals surface area contributed by atoms with Crippen LogP contribution in [0.15, 0.2) is 24.3 Å². The summed E-state index contributed by atoms with van der Waals surface area (Å²) in [4.78, 5) is 0. The second kappa shape index (κ2) is 5.17. The van der Waals surface area contributed by atoms with Gasteiger partial charge in [0.25, 0.3) is 0 Å². The number of allylic oxidation sites excluding steroid dienone is 4. The summed E-state index contributed by atoms with van der Waals surface area (Å²) in [5.41, 5.74) is 0. The van der Waals surface area contributed by atoms with Crippen molar-refractivity contribution in [2.45, 2.75) is 39.0 Å². The molecule has 0 N–H and O–H groups in total. The second-order valence-corrected chi connectivity index (χ2v) is 3.24. The minimum atomic E-state index is 0.746. The van der Waals surface area contributed by atoms with Crippen LogP contribution < -0.4 is 0 Å². The molecule has 0 bridgehead atoms. The smallest absolute Gasteiger partial charge is 0.00534 e. The summed E-state index contributed by atoms with van der Waals surface area (Å²) in [6.45, 7) is 2.22. The van der Waals surface area contributed by atoms with Crippen molar-refractivity contribution in [3.8, 4) is 0 Å². The van der Waals surface area contributed by atoms with Gasteiger partial charge in [-0.1, -0.05) is 37.6 Å². The topological polar surface area (TPSA) is 0 Å². The van der Waals surface area contributed by atoms with Crippen molar-refractivity contribution in [2.24, 2.45) is 5.92 Å². The highest BCUT2D eigenvalue weighted by Crippen LogP contribution is 2.18. The van der Waals surface area contributed by atoms with E-state index in [2.05, 4.69) is 31.2 Å². The monoisotopic (exact) mass is 150 g/mol. The quantitative estimate of drug-likeness (QED) is 0.538. The van der Waals surface area contributed by atoms with E-state index in [9.17, 15) is 0 Å². The Hall–Kier alpha value is -0.520. The molecule has 0 spiro atoms. The lowest BCUT2D eigenvalue weighted by molar-refractivity contribution is 0.629. The fourth-order valence-corrected chi connectivity index (χ4v) is 1.44. The first-order chi connectivity index (χ1) is 5.43. The Morgan fingerprint density at radius 2 is 2.45 bits per heavy atom. The molecule has 0 aromatic rings. The van der Waals surface area contributed by atoms with Crippen molar-refractivity contribution in [3.63, 3.8) is 0 Å². The molecule has 1 aliphatic rings. The highest BCUT2D eigenvalue weighted by atomic mass is 14.1. The van der Waals surface area contributed by atoms with Crippen LogP contribution in [0.25, 0.3) is 0 Å². The van der Waals surface area contributed by atoms with Crippen LogP contribution in [0.2, 0.25) is 0 Å². The van der Waals surface area contributed by atoms with Crippen molar-refractivity contribution in [1.82, 2.24) is 0 Å². The normalized spacial score (nSPS) is 24.6. The van der Waals surface area contributed by atoms with Gasteiger partial charge in [-0.25, -0.2) is 0 Å². The summed E-state index contributed by atoms with van der Waals surface area (Å²) in [5, 5.41) is 0. The molecule has 1 unspecified atom stereocenters. The van der Waals surface area contributed by atoms with Gasteiger partial charge in [-0.15, -0.1) is 0 Å². The van der Waals surface area contributed by atoms with Gasteiger partial charge in [0.2, 0.25) is 0 Å². The molecule has 0 saturated carbocycles. The maximum atomic E-state index is 2.36. The Bertz CT molecular complexity index is 142. The van der Waals surface area contributed by atoms with Gasteiger partial charge in [0.1, 0.15) is 0 Å². The first kappa shape index (κ1) is 8.58. The molecule has 0 fully saturated rings. The highest BCUT2D eigenvalue weighted by molar-refractivity contribution is 5.03. The van der Waals surface area contributed by atoms with Gasteiger partial charge in [0, 0.05) is 0 Å². The molecule has 11 heavy (non-hydrogen) atoms. The Morgan fingerprint density at radius 3 is 3.09 bits per heavy atom. The van der Waals surface area contributed by atoms with E-state index in [1.807, 2.05) is 0 Å². The van der Waals surface area contributed by atoms with Crippen molar-refractivity contribution in [1.29, 1.82) is 0 Å². The first-order valence-corrected chi connectivity index (χ1v) is 4.77. The minimum Gasteiger partial charge on any atom is -0.0880 e. The largest absolute Gasteiger partial charge is 0.0880 e. The lowest BCUT2D eigenvalue weighted by atomic mass is 9.95. The van der Waals surface area contributed by atoms with E-state index in [0.717, 1.165) is 5.92 Å². The average Bonchev–Trinajstić information content (AvgIpc) is 2.07. The molecule has 0 radical (unpaired) electrons. The van der Waals surface area contributed by atoms with Crippen LogP contribution in [-0.2, 0) is 0 Å². The standard InChI is InChI=1S/C11H18/c1-2-3-5-8-11-9-6-4-7-10-11/h5-6,8-9,11H,2-4,7,10H2,1H3. The Kier molecular flexibility index (Phi) is 4.03. The van der Waals surface area contributed by atoms with Crippen LogP contribution in [0.3, 0.4) is 0 Å². The fraction of sp³-hybridized carbons (Fsp3) is 0.636. The summed E-state index contributed by atoms with van der Waals surface area (Å²) in [7, 11) is 0. The predicted octanol–water partition coefficient (Wildman–Crippen LogP) is 3.70. The van der Waals surface area contributed by atoms with E-state index in [-0.39, 0.29) is 0 Å². The number of rotatable bonds is 3. The number of hydrogen-bond donors (Lipinski definition) is 0. The molecule has 1 aliphatic carbocycles. The SMILES string of the molecule is CCCC=CC1C=CCCC1. The molecule has 62 valence electrons. The van der Waals surface area contributed by atoms with Gasteiger partial charge in [0.15, 0.2) is 0 Å². The Balaban J connectivity index is 2.24. The van der Waals surface area contributed by atoms with Crippen molar-refractivity contribution in [3.05, 3.63) is 24.3 Å². The van der Waals surface area contributed by atoms with Gasteiger partial charge >= 0.3 is 0 Å². The molecule has 0 aromatic heterocycles. The zero-order valence-corrected chi connectivity index (χ0v) is 7.42. The van der Waals surface area contributed by atoms with Crippen LogP contribution in [0.1, 0.15) is 39.0 Å². The van der Waals surface area contributed by atoms with Gasteiger partial charge in [0.05, 0.1) is 0 Å². The average molecular weight is 150 g/mol. The summed E-state index contributed by atoms with van der Waals surface area (Å²) in [6.07, 6.45) is 15.9. The van der Waals surface area contributed by atoms with E-state index in [4.69, 9.17) is 0 Å². The van der Waals surface area contributed by atoms with Crippen LogP contribution in [0.4, 0.5) is 0 Å². The molecule has 0 aliphatic heterocycles. The number of unbranched alkanes of at least 4 members (excludes halogenated alkanes) is 1. The molecular formula is C11H18. The number of hydrogen-bond acceptors (Lipinski definition) is 0. The Morgan fingerprint density at radius 1 is 1.55 bits per heavy atom. The molecule has 0 nitrogen and oxygen atoms in total. The van der Waals surface area contributed by atoms with Gasteiger partial charge in [-0.05, 0) is 31.6 Å². The Labute approximate surface area is 70.0 Å². The lowest BCUT2D eigenvalue weighted by Crippen LogP contribution is -1.95. The highest BCUT2D eigenvalue weighted by Gasteiger charge is 2.02. The maximum absolute atomic E-state index is 2.36. The first-order valence-electron chi connectivity index (χ1n) is 4.77. The van der Waals surface area contributed by atoms with Crippen LogP contribution >= 0.6 is 0 Å². The zero-order chi connectivity index (χ0) is 7.94. The molecule has 1 rings (SSSR count). The second-order valence-electron chi connectivity index (χ2n) is 3.24. The third kappa shape index (κ3) is 3.41. The van der Waals surface area contributed by atoms with Crippen molar-refractivity contribution < 1.29 is 0 Å².